The zero-order chi connectivity index (χ0) is 22.2. The zero-order valence-electron chi connectivity index (χ0n) is 16.0. The molecule has 30 heavy (non-hydrogen) atoms. The van der Waals surface area contributed by atoms with Gasteiger partial charge in [-0.2, -0.15) is 5.10 Å². The number of carboxylic acid groups (broad SMARTS) is 1. The molecule has 12 heteroatoms. The Labute approximate surface area is 183 Å². The van der Waals surface area contributed by atoms with E-state index >= 15 is 0 Å². The number of likely N-dealkylation sites (tertiary alicyclic amines) is 1. The average molecular weight is 531 g/mol. The Kier molecular flexibility index (Phi) is 5.99. The second-order valence-electron chi connectivity index (χ2n) is 7.05. The highest BCUT2D eigenvalue weighted by Crippen LogP contribution is 2.29. The number of carbonyl (C=O) groups excluding carboxylic acids is 1. The predicted molar refractivity (Wildman–Crippen MR) is 113 cm³/mol. The van der Waals surface area contributed by atoms with Crippen LogP contribution in [0, 0.1) is 9.39 Å². The summed E-state index contributed by atoms with van der Waals surface area (Å²) < 4.78 is 15.9. The molecule has 3 rings (SSSR count). The molecule has 1 aromatic heterocycles. The van der Waals surface area contributed by atoms with Crippen molar-refractivity contribution in [2.45, 2.75) is 18.6 Å². The standard InChI is InChI=1S/C18H19FIN5O5/c1-9(21-17(28)29)18(30)7-25(8-18)16(27)15-13(6-14(26)24(2)23-15)22-12-4-3-10(20)5-11(12)19/h3-6,9,21-22,30H,7-8H2,1-2H3,(H,28,29)/t9-/m0/s1. The van der Waals surface area contributed by atoms with E-state index in [4.69, 9.17) is 5.11 Å². The maximum Gasteiger partial charge on any atom is 0.404 e. The number of carbonyl (C=O) groups is 2. The summed E-state index contributed by atoms with van der Waals surface area (Å²) in [5.74, 6) is -1.15. The Morgan fingerprint density at radius 3 is 2.57 bits per heavy atom. The van der Waals surface area contributed by atoms with Crippen molar-refractivity contribution >= 4 is 46.0 Å². The Balaban J connectivity index is 1.85. The largest absolute Gasteiger partial charge is 0.465 e. The summed E-state index contributed by atoms with van der Waals surface area (Å²) in [4.78, 5) is 37.0. The Bertz CT molecular complexity index is 1070. The lowest BCUT2D eigenvalue weighted by molar-refractivity contribution is -0.0989. The number of nitrogens with zero attached hydrogens (tertiary/aromatic N) is 3. The molecule has 0 radical (unpaired) electrons. The highest BCUT2D eigenvalue weighted by atomic mass is 127. The van der Waals surface area contributed by atoms with Gasteiger partial charge in [-0.15, -0.1) is 0 Å². The maximum absolute atomic E-state index is 14.2. The molecule has 0 aliphatic carbocycles. The molecule has 1 aliphatic rings. The van der Waals surface area contributed by atoms with Gasteiger partial charge in [0.2, 0.25) is 0 Å². The third-order valence-corrected chi connectivity index (χ3v) is 5.53. The van der Waals surface area contributed by atoms with E-state index in [0.29, 0.717) is 3.57 Å². The topological polar surface area (TPSA) is 137 Å². The van der Waals surface area contributed by atoms with Crippen LogP contribution in [0.25, 0.3) is 0 Å². The zero-order valence-corrected chi connectivity index (χ0v) is 18.2. The molecule has 4 N–H and O–H groups in total. The normalized spacial score (nSPS) is 15.8. The summed E-state index contributed by atoms with van der Waals surface area (Å²) in [6.45, 7) is 1.23. The van der Waals surface area contributed by atoms with E-state index in [2.05, 4.69) is 15.7 Å². The Morgan fingerprint density at radius 1 is 1.30 bits per heavy atom. The van der Waals surface area contributed by atoms with Crippen molar-refractivity contribution in [1.29, 1.82) is 0 Å². The minimum absolute atomic E-state index is 0.0235. The first-order valence-corrected chi connectivity index (χ1v) is 9.89. The van der Waals surface area contributed by atoms with Gasteiger partial charge in [0.1, 0.15) is 11.4 Å². The average Bonchev–Trinajstić information content (AvgIpc) is 2.62. The fraction of sp³-hybridized carbons (Fsp3) is 0.333. The molecule has 160 valence electrons. The van der Waals surface area contributed by atoms with E-state index in [9.17, 15) is 23.9 Å². The lowest BCUT2D eigenvalue weighted by Gasteiger charge is -2.49. The third-order valence-electron chi connectivity index (χ3n) is 4.86. The number of aryl methyl sites for hydroxylation is 1. The number of halogens is 2. The monoisotopic (exact) mass is 531 g/mol. The van der Waals surface area contributed by atoms with Crippen molar-refractivity contribution in [3.8, 4) is 0 Å². The minimum Gasteiger partial charge on any atom is -0.465 e. The van der Waals surface area contributed by atoms with Gasteiger partial charge in [0, 0.05) is 16.7 Å². The summed E-state index contributed by atoms with van der Waals surface area (Å²) in [5, 5.41) is 28.2. The maximum atomic E-state index is 14.2. The first-order chi connectivity index (χ1) is 14.0. The van der Waals surface area contributed by atoms with E-state index in [1.165, 1.54) is 31.0 Å². The molecule has 0 bridgehead atoms. The van der Waals surface area contributed by atoms with Crippen molar-refractivity contribution in [2.75, 3.05) is 18.4 Å². The first-order valence-electron chi connectivity index (χ1n) is 8.82. The van der Waals surface area contributed by atoms with Gasteiger partial charge in [0.15, 0.2) is 5.69 Å². The van der Waals surface area contributed by atoms with E-state index in [1.54, 1.807) is 6.07 Å². The number of β-amino-alcohol motifs (C(OH)–C–C–N with tert-alkyl or cyclic N) is 1. The molecule has 1 fully saturated rings. The van der Waals surface area contributed by atoms with Crippen LogP contribution < -0.4 is 16.2 Å². The molecule has 2 heterocycles. The summed E-state index contributed by atoms with van der Waals surface area (Å²) in [7, 11) is 1.37. The number of nitrogens with one attached hydrogen (secondary N) is 2. The number of hydrogen-bond donors (Lipinski definition) is 4. The van der Waals surface area contributed by atoms with Gasteiger partial charge in [-0.1, -0.05) is 0 Å². The van der Waals surface area contributed by atoms with Gasteiger partial charge in [-0.05, 0) is 47.7 Å². The molecule has 10 nitrogen and oxygen atoms in total. The molecule has 0 spiro atoms. The smallest absolute Gasteiger partial charge is 0.404 e. The summed E-state index contributed by atoms with van der Waals surface area (Å²) in [5.41, 5.74) is -1.96. The highest BCUT2D eigenvalue weighted by Gasteiger charge is 2.49. The molecule has 2 amide bonds. The molecule has 1 aromatic carbocycles. The number of amides is 2. The third kappa shape index (κ3) is 4.38. The fourth-order valence-electron chi connectivity index (χ4n) is 3.03. The van der Waals surface area contributed by atoms with Crippen molar-refractivity contribution in [2.24, 2.45) is 7.05 Å². The van der Waals surface area contributed by atoms with Crippen LogP contribution in [0.5, 0.6) is 0 Å². The molecular formula is C18H19FIN5O5. The lowest BCUT2D eigenvalue weighted by atomic mass is 9.86. The van der Waals surface area contributed by atoms with Gasteiger partial charge in [0.25, 0.3) is 11.5 Å². The first kappa shape index (κ1) is 22.0. The lowest BCUT2D eigenvalue weighted by Crippen LogP contribution is -2.71. The van der Waals surface area contributed by atoms with E-state index in [1.807, 2.05) is 22.6 Å². The molecule has 2 aromatic rings. The van der Waals surface area contributed by atoms with Crippen LogP contribution in [0.3, 0.4) is 0 Å². The summed E-state index contributed by atoms with van der Waals surface area (Å²) in [6.07, 6.45) is -1.29. The van der Waals surface area contributed by atoms with E-state index in [0.717, 1.165) is 10.7 Å². The number of aromatic nitrogens is 2. The van der Waals surface area contributed by atoms with Gasteiger partial charge in [-0.25, -0.2) is 13.9 Å². The second kappa shape index (κ2) is 8.18. The molecule has 1 saturated heterocycles. The van der Waals surface area contributed by atoms with Crippen LogP contribution >= 0.6 is 22.6 Å². The van der Waals surface area contributed by atoms with Crippen molar-refractivity contribution in [1.82, 2.24) is 20.0 Å². The van der Waals surface area contributed by atoms with Crippen LogP contribution in [-0.2, 0) is 7.05 Å². The number of rotatable bonds is 5. The molecular weight excluding hydrogens is 512 g/mol. The Hall–Kier alpha value is -2.74. The van der Waals surface area contributed by atoms with Crippen LogP contribution in [0.15, 0.2) is 29.1 Å². The molecule has 1 atom stereocenters. The predicted octanol–water partition coefficient (Wildman–Crippen LogP) is 1.11. The van der Waals surface area contributed by atoms with Gasteiger partial charge in [0.05, 0.1) is 30.5 Å². The number of hydrogen-bond acceptors (Lipinski definition) is 6. The number of aliphatic hydroxyl groups is 1. The van der Waals surface area contributed by atoms with Gasteiger partial charge < -0.3 is 25.7 Å². The van der Waals surface area contributed by atoms with E-state index < -0.39 is 35.0 Å². The van der Waals surface area contributed by atoms with Gasteiger partial charge >= 0.3 is 6.09 Å². The van der Waals surface area contributed by atoms with Gasteiger partial charge in [-0.3, -0.25) is 9.59 Å². The number of anilines is 2. The molecule has 1 aliphatic heterocycles. The second-order valence-corrected chi connectivity index (χ2v) is 8.30. The number of benzene rings is 1. The SMILES string of the molecule is C[C@H](NC(=O)O)C1(O)CN(C(=O)c2nn(C)c(=O)cc2Nc2ccc(I)cc2F)C1. The quantitative estimate of drug-likeness (QED) is 0.425. The van der Waals surface area contributed by atoms with Crippen LogP contribution in [0.1, 0.15) is 17.4 Å². The highest BCUT2D eigenvalue weighted by molar-refractivity contribution is 14.1. The van der Waals surface area contributed by atoms with E-state index in [-0.39, 0.29) is 30.2 Å². The van der Waals surface area contributed by atoms with Crippen molar-refractivity contribution in [3.05, 3.63) is 49.7 Å². The fourth-order valence-corrected chi connectivity index (χ4v) is 3.48. The molecule has 0 unspecified atom stereocenters. The Morgan fingerprint density at radius 2 is 1.97 bits per heavy atom. The molecule has 0 saturated carbocycles. The van der Waals surface area contributed by atoms with Crippen LogP contribution in [-0.4, -0.2) is 61.6 Å². The summed E-state index contributed by atoms with van der Waals surface area (Å²) >= 11 is 1.96. The minimum atomic E-state index is -1.43. The van der Waals surface area contributed by atoms with Crippen LogP contribution in [0.2, 0.25) is 0 Å². The van der Waals surface area contributed by atoms with Crippen LogP contribution in [0.4, 0.5) is 20.6 Å². The summed E-state index contributed by atoms with van der Waals surface area (Å²) in [6, 6.07) is 4.77. The van der Waals surface area contributed by atoms with Crippen molar-refractivity contribution in [3.63, 3.8) is 0 Å². The van der Waals surface area contributed by atoms with Crippen molar-refractivity contribution < 1.29 is 24.2 Å².